The summed E-state index contributed by atoms with van der Waals surface area (Å²) in [6.07, 6.45) is 0. The van der Waals surface area contributed by atoms with Crippen LogP contribution in [-0.2, 0) is 9.47 Å². The van der Waals surface area contributed by atoms with Crippen molar-refractivity contribution in [1.82, 2.24) is 0 Å². The Hall–Kier alpha value is -0.770. The van der Waals surface area contributed by atoms with Gasteiger partial charge in [0.05, 0.1) is 25.2 Å². The van der Waals surface area contributed by atoms with Crippen molar-refractivity contribution < 1.29 is 14.2 Å². The average molecular weight is 243 g/mol. The van der Waals surface area contributed by atoms with Gasteiger partial charge >= 0.3 is 0 Å². The van der Waals surface area contributed by atoms with E-state index in [4.69, 9.17) is 25.8 Å². The third-order valence-corrected chi connectivity index (χ3v) is 3.12. The predicted octanol–water partition coefficient (Wildman–Crippen LogP) is 2.29. The van der Waals surface area contributed by atoms with E-state index in [0.717, 1.165) is 5.75 Å². The summed E-state index contributed by atoms with van der Waals surface area (Å²) in [5.41, 5.74) is -0.227. The van der Waals surface area contributed by atoms with E-state index in [0.29, 0.717) is 32.5 Å². The molecule has 16 heavy (non-hydrogen) atoms. The van der Waals surface area contributed by atoms with Crippen LogP contribution in [0.5, 0.6) is 5.75 Å². The van der Waals surface area contributed by atoms with Crippen LogP contribution in [0, 0.1) is 5.41 Å². The summed E-state index contributed by atoms with van der Waals surface area (Å²) >= 11 is 5.96. The van der Waals surface area contributed by atoms with E-state index in [1.165, 1.54) is 0 Å². The van der Waals surface area contributed by atoms with Crippen molar-refractivity contribution in [2.45, 2.75) is 0 Å². The number of hydrogen-bond acceptors (Lipinski definition) is 3. The first kappa shape index (κ1) is 11.7. The van der Waals surface area contributed by atoms with Crippen LogP contribution < -0.4 is 4.74 Å². The van der Waals surface area contributed by atoms with Crippen LogP contribution in [0.2, 0.25) is 0 Å². The number of halogens is 1. The Labute approximate surface area is 100 Å². The molecule has 1 fully saturated rings. The summed E-state index contributed by atoms with van der Waals surface area (Å²) < 4.78 is 16.3. The summed E-state index contributed by atoms with van der Waals surface area (Å²) in [7, 11) is 0. The number of benzene rings is 1. The second-order valence-corrected chi connectivity index (χ2v) is 4.32. The van der Waals surface area contributed by atoms with Crippen LogP contribution >= 0.6 is 11.6 Å². The summed E-state index contributed by atoms with van der Waals surface area (Å²) in [5, 5.41) is 0. The van der Waals surface area contributed by atoms with Crippen molar-refractivity contribution in [3.05, 3.63) is 30.3 Å². The van der Waals surface area contributed by atoms with E-state index >= 15 is 0 Å². The van der Waals surface area contributed by atoms with Crippen molar-refractivity contribution >= 4 is 11.6 Å². The lowest BCUT2D eigenvalue weighted by Gasteiger charge is -2.34. The molecule has 1 saturated heterocycles. The number of alkyl halides is 1. The first-order valence-electron chi connectivity index (χ1n) is 5.24. The van der Waals surface area contributed by atoms with E-state index in [2.05, 4.69) is 0 Å². The number of hydrogen-bond donors (Lipinski definition) is 0. The van der Waals surface area contributed by atoms with Gasteiger partial charge in [-0.05, 0) is 12.1 Å². The van der Waals surface area contributed by atoms with Crippen molar-refractivity contribution in [2.75, 3.05) is 32.5 Å². The fourth-order valence-electron chi connectivity index (χ4n) is 1.57. The molecule has 4 heteroatoms. The van der Waals surface area contributed by atoms with E-state index < -0.39 is 0 Å². The molecule has 0 saturated carbocycles. The maximum atomic E-state index is 5.96. The molecule has 1 aliphatic heterocycles. The third-order valence-electron chi connectivity index (χ3n) is 2.55. The minimum Gasteiger partial charge on any atom is -0.493 e. The second kappa shape index (κ2) is 5.53. The molecule has 1 aromatic rings. The summed E-state index contributed by atoms with van der Waals surface area (Å²) in [4.78, 5) is 0. The van der Waals surface area contributed by atoms with E-state index in [1.54, 1.807) is 0 Å². The molecule has 1 heterocycles. The van der Waals surface area contributed by atoms with Crippen molar-refractivity contribution in [3.8, 4) is 5.75 Å². The lowest BCUT2D eigenvalue weighted by atomic mass is 9.93. The summed E-state index contributed by atoms with van der Waals surface area (Å²) in [5.74, 6) is 1.32. The lowest BCUT2D eigenvalue weighted by Crippen LogP contribution is -2.43. The Morgan fingerprint density at radius 3 is 2.50 bits per heavy atom. The Balaban J connectivity index is 1.92. The molecule has 2 rings (SSSR count). The monoisotopic (exact) mass is 242 g/mol. The zero-order valence-corrected chi connectivity index (χ0v) is 9.78. The highest BCUT2D eigenvalue weighted by Gasteiger charge is 2.34. The average Bonchev–Trinajstić information content (AvgIpc) is 2.39. The highest BCUT2D eigenvalue weighted by molar-refractivity contribution is 6.18. The maximum Gasteiger partial charge on any atom is 0.146 e. The standard InChI is InChI=1S/C12H15ClO3/c13-6-12(7-14-10-15-8-12)9-16-11-4-2-1-3-5-11/h1-5H,6-10H2. The largest absolute Gasteiger partial charge is 0.493 e. The van der Waals surface area contributed by atoms with Crippen molar-refractivity contribution in [1.29, 1.82) is 0 Å². The molecule has 0 bridgehead atoms. The van der Waals surface area contributed by atoms with Gasteiger partial charge in [0.15, 0.2) is 0 Å². The molecular formula is C12H15ClO3. The molecule has 0 amide bonds. The normalized spacial score (nSPS) is 19.3. The van der Waals surface area contributed by atoms with Crippen LogP contribution in [0.15, 0.2) is 30.3 Å². The number of para-hydroxylation sites is 1. The van der Waals surface area contributed by atoms with Crippen LogP contribution in [-0.4, -0.2) is 32.5 Å². The summed E-state index contributed by atoms with van der Waals surface area (Å²) in [6.45, 7) is 2.04. The van der Waals surface area contributed by atoms with Crippen LogP contribution in [0.25, 0.3) is 0 Å². The molecule has 0 radical (unpaired) electrons. The van der Waals surface area contributed by atoms with Gasteiger partial charge in [-0.2, -0.15) is 0 Å². The highest BCUT2D eigenvalue weighted by atomic mass is 35.5. The molecule has 0 atom stereocenters. The fourth-order valence-corrected chi connectivity index (χ4v) is 1.80. The Kier molecular flexibility index (Phi) is 4.04. The minimum absolute atomic E-state index is 0.227. The molecule has 3 nitrogen and oxygen atoms in total. The molecule has 0 aromatic heterocycles. The van der Waals surface area contributed by atoms with Crippen molar-refractivity contribution in [2.24, 2.45) is 5.41 Å². The van der Waals surface area contributed by atoms with Gasteiger partial charge in [0.2, 0.25) is 0 Å². The van der Waals surface area contributed by atoms with Gasteiger partial charge in [-0.3, -0.25) is 0 Å². The molecule has 0 spiro atoms. The van der Waals surface area contributed by atoms with Gasteiger partial charge < -0.3 is 14.2 Å². The fraction of sp³-hybridized carbons (Fsp3) is 0.500. The van der Waals surface area contributed by atoms with Crippen molar-refractivity contribution in [3.63, 3.8) is 0 Å². The first-order valence-corrected chi connectivity index (χ1v) is 5.77. The predicted molar refractivity (Wildman–Crippen MR) is 61.9 cm³/mol. The number of rotatable bonds is 4. The van der Waals surface area contributed by atoms with Gasteiger partial charge in [-0.25, -0.2) is 0 Å². The molecule has 1 aliphatic rings. The molecule has 88 valence electrons. The molecule has 0 N–H and O–H groups in total. The summed E-state index contributed by atoms with van der Waals surface area (Å²) in [6, 6.07) is 9.68. The first-order chi connectivity index (χ1) is 7.85. The Morgan fingerprint density at radius 2 is 1.88 bits per heavy atom. The minimum atomic E-state index is -0.227. The van der Waals surface area contributed by atoms with Crippen LogP contribution in [0.4, 0.5) is 0 Å². The maximum absolute atomic E-state index is 5.96. The third kappa shape index (κ3) is 2.88. The van der Waals surface area contributed by atoms with E-state index in [1.807, 2.05) is 30.3 Å². The van der Waals surface area contributed by atoms with Gasteiger partial charge in [-0.15, -0.1) is 11.6 Å². The van der Waals surface area contributed by atoms with Crippen LogP contribution in [0.1, 0.15) is 0 Å². The smallest absolute Gasteiger partial charge is 0.146 e. The molecule has 0 unspecified atom stereocenters. The highest BCUT2D eigenvalue weighted by Crippen LogP contribution is 2.25. The zero-order valence-electron chi connectivity index (χ0n) is 9.02. The van der Waals surface area contributed by atoms with E-state index in [-0.39, 0.29) is 5.41 Å². The number of ether oxygens (including phenoxy) is 3. The van der Waals surface area contributed by atoms with Crippen LogP contribution in [0.3, 0.4) is 0 Å². The van der Waals surface area contributed by atoms with Gasteiger partial charge in [-0.1, -0.05) is 18.2 Å². The topological polar surface area (TPSA) is 27.7 Å². The van der Waals surface area contributed by atoms with Gasteiger partial charge in [0, 0.05) is 5.88 Å². The SMILES string of the molecule is ClCC1(COc2ccccc2)COCOC1. The second-order valence-electron chi connectivity index (χ2n) is 4.05. The van der Waals surface area contributed by atoms with E-state index in [9.17, 15) is 0 Å². The van der Waals surface area contributed by atoms with Gasteiger partial charge in [0.1, 0.15) is 12.5 Å². The molecule has 0 aliphatic carbocycles. The Bertz CT molecular complexity index is 309. The Morgan fingerprint density at radius 1 is 1.19 bits per heavy atom. The van der Waals surface area contributed by atoms with Gasteiger partial charge in [0.25, 0.3) is 0 Å². The lowest BCUT2D eigenvalue weighted by molar-refractivity contribution is -0.165. The zero-order chi connectivity index (χ0) is 11.3. The molecule has 1 aromatic carbocycles. The quantitative estimate of drug-likeness (QED) is 0.759. The molecular weight excluding hydrogens is 228 g/mol.